The lowest BCUT2D eigenvalue weighted by atomic mass is 10.1. The maximum absolute atomic E-state index is 11.9. The van der Waals surface area contributed by atoms with Crippen molar-refractivity contribution in [3.05, 3.63) is 47.1 Å². The van der Waals surface area contributed by atoms with Crippen LogP contribution in [-0.2, 0) is 11.2 Å². The van der Waals surface area contributed by atoms with E-state index >= 15 is 0 Å². The summed E-state index contributed by atoms with van der Waals surface area (Å²) in [6, 6.07) is 7.22. The highest BCUT2D eigenvalue weighted by molar-refractivity contribution is 6.29. The fourth-order valence-corrected chi connectivity index (χ4v) is 2.03. The lowest BCUT2D eigenvalue weighted by Crippen LogP contribution is -2.28. The van der Waals surface area contributed by atoms with Crippen molar-refractivity contribution in [2.45, 2.75) is 32.2 Å². The number of nitrogens with one attached hydrogen (secondary N) is 1. The molecule has 106 valence electrons. The van der Waals surface area contributed by atoms with Crippen LogP contribution in [0.3, 0.4) is 0 Å². The molecule has 0 aliphatic rings. The van der Waals surface area contributed by atoms with E-state index in [0.29, 0.717) is 23.8 Å². The van der Waals surface area contributed by atoms with E-state index in [-0.39, 0.29) is 11.9 Å². The summed E-state index contributed by atoms with van der Waals surface area (Å²) in [5.74, 6) is 0.561. The van der Waals surface area contributed by atoms with E-state index in [0.717, 1.165) is 12.1 Å². The van der Waals surface area contributed by atoms with E-state index in [1.165, 1.54) is 0 Å². The minimum atomic E-state index is -0.0676. The van der Waals surface area contributed by atoms with Crippen LogP contribution in [0.1, 0.15) is 37.3 Å². The largest absolute Gasteiger partial charge is 0.360 e. The second-order valence-electron chi connectivity index (χ2n) is 4.40. The first kappa shape index (κ1) is 14.5. The lowest BCUT2D eigenvalue weighted by molar-refractivity contribution is -0.121. The topological polar surface area (TPSA) is 68.0 Å². The monoisotopic (exact) mass is 293 g/mol. The first-order valence-corrected chi connectivity index (χ1v) is 6.88. The maximum Gasteiger partial charge on any atom is 0.220 e. The Labute approximate surface area is 122 Å². The van der Waals surface area contributed by atoms with Crippen LogP contribution in [0.25, 0.3) is 0 Å². The van der Waals surface area contributed by atoms with Crippen molar-refractivity contribution in [3.63, 3.8) is 0 Å². The quantitative estimate of drug-likeness (QED) is 0.889. The zero-order valence-electron chi connectivity index (χ0n) is 11.2. The molecule has 1 atom stereocenters. The number of nitrogens with zero attached hydrogens (tertiary/aromatic N) is 2. The summed E-state index contributed by atoms with van der Waals surface area (Å²) in [5.41, 5.74) is 0.867. The van der Waals surface area contributed by atoms with Gasteiger partial charge >= 0.3 is 0 Å². The third-order valence-electron chi connectivity index (χ3n) is 2.92. The van der Waals surface area contributed by atoms with E-state index < -0.39 is 0 Å². The van der Waals surface area contributed by atoms with Gasteiger partial charge in [0.1, 0.15) is 5.76 Å². The number of carbonyl (C=O) groups is 1. The normalized spacial score (nSPS) is 12.1. The predicted molar refractivity (Wildman–Crippen MR) is 75.2 cm³/mol. The van der Waals surface area contributed by atoms with E-state index in [1.54, 1.807) is 12.3 Å². The molecular formula is C14H16ClN3O2. The number of hydrogen-bond donors (Lipinski definition) is 1. The SMILES string of the molecule is CC[C@@H](NC(=O)CCc1cc(Cl)no1)c1ccccn1. The Kier molecular flexibility index (Phi) is 5.12. The second kappa shape index (κ2) is 7.05. The van der Waals surface area contributed by atoms with E-state index in [4.69, 9.17) is 16.1 Å². The Balaban J connectivity index is 1.86. The Bertz CT molecular complexity index is 557. The van der Waals surface area contributed by atoms with Gasteiger partial charge in [-0.3, -0.25) is 9.78 Å². The number of pyridine rings is 1. The molecule has 0 aromatic carbocycles. The van der Waals surface area contributed by atoms with Gasteiger partial charge in [-0.15, -0.1) is 0 Å². The van der Waals surface area contributed by atoms with Crippen LogP contribution in [0.5, 0.6) is 0 Å². The van der Waals surface area contributed by atoms with Crippen LogP contribution in [0.4, 0.5) is 0 Å². The van der Waals surface area contributed by atoms with Crippen molar-refractivity contribution in [3.8, 4) is 0 Å². The molecule has 0 bridgehead atoms. The number of halogens is 1. The predicted octanol–water partition coefficient (Wildman–Crippen LogP) is 2.92. The zero-order valence-corrected chi connectivity index (χ0v) is 11.9. The molecule has 0 radical (unpaired) electrons. The van der Waals surface area contributed by atoms with Crippen molar-refractivity contribution in [1.29, 1.82) is 0 Å². The lowest BCUT2D eigenvalue weighted by Gasteiger charge is -2.16. The van der Waals surface area contributed by atoms with Crippen LogP contribution in [0, 0.1) is 0 Å². The van der Waals surface area contributed by atoms with Crippen LogP contribution in [0.2, 0.25) is 5.15 Å². The minimum absolute atomic E-state index is 0.0463. The van der Waals surface area contributed by atoms with Gasteiger partial charge in [-0.2, -0.15) is 0 Å². The summed E-state index contributed by atoms with van der Waals surface area (Å²) in [6.45, 7) is 2.01. The van der Waals surface area contributed by atoms with Gasteiger partial charge < -0.3 is 9.84 Å². The van der Waals surface area contributed by atoms with Gasteiger partial charge in [0.2, 0.25) is 5.91 Å². The Hall–Kier alpha value is -1.88. The summed E-state index contributed by atoms with van der Waals surface area (Å²) < 4.78 is 4.96. The molecule has 0 spiro atoms. The standard InChI is InChI=1S/C14H16ClN3O2/c1-2-11(12-5-3-4-8-16-12)17-14(19)7-6-10-9-13(15)18-20-10/h3-5,8-9,11H,2,6-7H2,1H3,(H,17,19)/t11-/m1/s1. The molecule has 0 aliphatic carbocycles. The van der Waals surface area contributed by atoms with E-state index in [1.807, 2.05) is 25.1 Å². The molecule has 2 aromatic heterocycles. The van der Waals surface area contributed by atoms with Gasteiger partial charge in [-0.25, -0.2) is 0 Å². The molecule has 0 saturated heterocycles. The molecule has 0 aliphatic heterocycles. The highest BCUT2D eigenvalue weighted by Crippen LogP contribution is 2.14. The molecule has 2 heterocycles. The first-order valence-electron chi connectivity index (χ1n) is 6.50. The Morgan fingerprint density at radius 3 is 2.95 bits per heavy atom. The van der Waals surface area contributed by atoms with Gasteiger partial charge in [0.25, 0.3) is 0 Å². The average Bonchev–Trinajstić information content (AvgIpc) is 2.89. The molecule has 2 aromatic rings. The van der Waals surface area contributed by atoms with Gasteiger partial charge in [-0.05, 0) is 18.6 Å². The highest BCUT2D eigenvalue weighted by atomic mass is 35.5. The summed E-state index contributed by atoms with van der Waals surface area (Å²) in [7, 11) is 0. The van der Waals surface area contributed by atoms with Crippen LogP contribution >= 0.6 is 11.6 Å². The average molecular weight is 294 g/mol. The second-order valence-corrected chi connectivity index (χ2v) is 4.79. The number of carbonyl (C=O) groups excluding carboxylic acids is 1. The maximum atomic E-state index is 11.9. The Morgan fingerprint density at radius 1 is 1.50 bits per heavy atom. The fourth-order valence-electron chi connectivity index (χ4n) is 1.88. The van der Waals surface area contributed by atoms with Gasteiger partial charge in [0.05, 0.1) is 11.7 Å². The molecular weight excluding hydrogens is 278 g/mol. The summed E-state index contributed by atoms with van der Waals surface area (Å²) in [6.07, 6.45) is 3.32. The molecule has 0 fully saturated rings. The van der Waals surface area contributed by atoms with Gasteiger partial charge in [-0.1, -0.05) is 29.7 Å². The van der Waals surface area contributed by atoms with Crippen molar-refractivity contribution >= 4 is 17.5 Å². The summed E-state index contributed by atoms with van der Waals surface area (Å²) in [5, 5.41) is 6.84. The summed E-state index contributed by atoms with van der Waals surface area (Å²) >= 11 is 5.65. The molecule has 6 heteroatoms. The third-order valence-corrected chi connectivity index (χ3v) is 3.10. The number of aromatic nitrogens is 2. The molecule has 20 heavy (non-hydrogen) atoms. The van der Waals surface area contributed by atoms with Crippen molar-refractivity contribution in [2.24, 2.45) is 0 Å². The van der Waals surface area contributed by atoms with Crippen LogP contribution < -0.4 is 5.32 Å². The molecule has 2 rings (SSSR count). The van der Waals surface area contributed by atoms with Crippen molar-refractivity contribution < 1.29 is 9.32 Å². The number of rotatable bonds is 6. The molecule has 1 amide bonds. The Morgan fingerprint density at radius 2 is 2.35 bits per heavy atom. The molecule has 1 N–H and O–H groups in total. The zero-order chi connectivity index (χ0) is 14.4. The minimum Gasteiger partial charge on any atom is -0.360 e. The van der Waals surface area contributed by atoms with E-state index in [9.17, 15) is 4.79 Å². The molecule has 0 unspecified atom stereocenters. The highest BCUT2D eigenvalue weighted by Gasteiger charge is 2.14. The van der Waals surface area contributed by atoms with Crippen LogP contribution in [0.15, 0.2) is 35.0 Å². The number of amides is 1. The van der Waals surface area contributed by atoms with Crippen molar-refractivity contribution in [2.75, 3.05) is 0 Å². The van der Waals surface area contributed by atoms with Gasteiger partial charge in [0, 0.05) is 25.1 Å². The van der Waals surface area contributed by atoms with E-state index in [2.05, 4.69) is 15.5 Å². The molecule has 0 saturated carbocycles. The smallest absolute Gasteiger partial charge is 0.220 e. The number of hydrogen-bond acceptors (Lipinski definition) is 4. The third kappa shape index (κ3) is 4.06. The fraction of sp³-hybridized carbons (Fsp3) is 0.357. The molecule has 5 nitrogen and oxygen atoms in total. The van der Waals surface area contributed by atoms with Gasteiger partial charge in [0.15, 0.2) is 5.15 Å². The summed E-state index contributed by atoms with van der Waals surface area (Å²) in [4.78, 5) is 16.2. The first-order chi connectivity index (χ1) is 9.69. The number of aryl methyl sites for hydroxylation is 1. The van der Waals surface area contributed by atoms with Crippen LogP contribution in [-0.4, -0.2) is 16.0 Å². The van der Waals surface area contributed by atoms with Crippen molar-refractivity contribution in [1.82, 2.24) is 15.5 Å².